The average Bonchev–Trinajstić information content (AvgIpc) is 2.98. The third kappa shape index (κ3) is 4.23. The Labute approximate surface area is 154 Å². The molecule has 0 bridgehead atoms. The number of benzene rings is 2. The topological polar surface area (TPSA) is 56.2 Å². The van der Waals surface area contributed by atoms with Crippen molar-refractivity contribution in [3.05, 3.63) is 59.9 Å². The van der Waals surface area contributed by atoms with Crippen molar-refractivity contribution in [1.29, 1.82) is 0 Å². The Kier molecular flexibility index (Phi) is 5.56. The molecule has 1 aromatic heterocycles. The molecule has 136 valence electrons. The quantitative estimate of drug-likeness (QED) is 0.704. The number of hydrogen-bond donors (Lipinski definition) is 1. The van der Waals surface area contributed by atoms with Crippen molar-refractivity contribution in [2.75, 3.05) is 0 Å². The van der Waals surface area contributed by atoms with Gasteiger partial charge in [0.15, 0.2) is 0 Å². The molecule has 0 aliphatic heterocycles. The van der Waals surface area contributed by atoms with Gasteiger partial charge >= 0.3 is 0 Å². The molecule has 0 aliphatic carbocycles. The van der Waals surface area contributed by atoms with Gasteiger partial charge in [0.2, 0.25) is 5.91 Å². The zero-order valence-corrected chi connectivity index (χ0v) is 15.5. The zero-order chi connectivity index (χ0) is 18.5. The summed E-state index contributed by atoms with van der Waals surface area (Å²) < 4.78 is 7.82. The number of carbonyl (C=O) groups excluding carboxylic acids is 1. The van der Waals surface area contributed by atoms with Crippen LogP contribution in [0, 0.1) is 6.92 Å². The van der Waals surface area contributed by atoms with E-state index in [9.17, 15) is 4.79 Å². The third-order valence-corrected chi connectivity index (χ3v) is 4.44. The maximum absolute atomic E-state index is 12.4. The highest BCUT2D eigenvalue weighted by Crippen LogP contribution is 2.19. The van der Waals surface area contributed by atoms with E-state index in [0.29, 0.717) is 6.61 Å². The minimum atomic E-state index is -0.0147. The summed E-state index contributed by atoms with van der Waals surface area (Å²) in [6.07, 6.45) is 0.903. The van der Waals surface area contributed by atoms with E-state index in [0.717, 1.165) is 29.0 Å². The van der Waals surface area contributed by atoms with Crippen LogP contribution in [0.15, 0.2) is 48.5 Å². The predicted molar refractivity (Wildman–Crippen MR) is 103 cm³/mol. The summed E-state index contributed by atoms with van der Waals surface area (Å²) >= 11 is 0. The first-order valence-corrected chi connectivity index (χ1v) is 8.99. The lowest BCUT2D eigenvalue weighted by Crippen LogP contribution is -2.35. The van der Waals surface area contributed by atoms with Gasteiger partial charge in [0.05, 0.1) is 11.0 Å². The van der Waals surface area contributed by atoms with Crippen LogP contribution in [0.1, 0.15) is 31.7 Å². The monoisotopic (exact) mass is 351 g/mol. The van der Waals surface area contributed by atoms with Gasteiger partial charge in [-0.25, -0.2) is 4.98 Å². The molecule has 0 aliphatic rings. The van der Waals surface area contributed by atoms with Crippen LogP contribution in [0.25, 0.3) is 11.0 Å². The lowest BCUT2D eigenvalue weighted by Gasteiger charge is -2.14. The molecule has 26 heavy (non-hydrogen) atoms. The number of carbonyl (C=O) groups is 1. The Balaban J connectivity index is 1.82. The van der Waals surface area contributed by atoms with Crippen LogP contribution >= 0.6 is 0 Å². The minimum absolute atomic E-state index is 0.0147. The van der Waals surface area contributed by atoms with E-state index in [4.69, 9.17) is 4.74 Å². The second kappa shape index (κ2) is 8.04. The number of fused-ring (bicyclic) bond motifs is 1. The van der Waals surface area contributed by atoms with E-state index in [1.54, 1.807) is 0 Å². The lowest BCUT2D eigenvalue weighted by molar-refractivity contribution is -0.122. The van der Waals surface area contributed by atoms with Gasteiger partial charge < -0.3 is 14.6 Å². The maximum Gasteiger partial charge on any atom is 0.240 e. The molecule has 1 amide bonds. The number of aromatic nitrogens is 2. The van der Waals surface area contributed by atoms with E-state index in [1.165, 1.54) is 5.56 Å². The smallest absolute Gasteiger partial charge is 0.240 e. The summed E-state index contributed by atoms with van der Waals surface area (Å²) in [6, 6.07) is 15.9. The fourth-order valence-corrected chi connectivity index (χ4v) is 2.76. The van der Waals surface area contributed by atoms with Crippen molar-refractivity contribution in [2.45, 2.75) is 46.4 Å². The first kappa shape index (κ1) is 18.0. The molecule has 1 N–H and O–H groups in total. The van der Waals surface area contributed by atoms with E-state index < -0.39 is 0 Å². The maximum atomic E-state index is 12.4. The fourth-order valence-electron chi connectivity index (χ4n) is 2.76. The lowest BCUT2D eigenvalue weighted by atomic mass is 10.2. The number of nitrogens with one attached hydrogen (secondary N) is 1. The van der Waals surface area contributed by atoms with E-state index in [1.807, 2.05) is 66.9 Å². The van der Waals surface area contributed by atoms with Crippen LogP contribution in [0.2, 0.25) is 0 Å². The van der Waals surface area contributed by atoms with Crippen LogP contribution in [0.4, 0.5) is 0 Å². The van der Waals surface area contributed by atoms with Gasteiger partial charge in [-0.3, -0.25) is 4.79 Å². The standard InChI is InChI=1S/C21H25N3O2/c1-4-16(3)22-21(25)13-24-19-8-6-5-7-18(19)23-20(24)14-26-17-11-9-15(2)10-12-17/h5-12,16H,4,13-14H2,1-3H3,(H,22,25). The Morgan fingerprint density at radius 2 is 1.92 bits per heavy atom. The number of nitrogens with zero attached hydrogens (tertiary/aromatic N) is 2. The highest BCUT2D eigenvalue weighted by molar-refractivity contribution is 5.81. The highest BCUT2D eigenvalue weighted by Gasteiger charge is 2.15. The minimum Gasteiger partial charge on any atom is -0.486 e. The normalized spacial score (nSPS) is 12.1. The van der Waals surface area contributed by atoms with Crippen LogP contribution < -0.4 is 10.1 Å². The molecule has 2 aromatic carbocycles. The molecule has 5 nitrogen and oxygen atoms in total. The first-order valence-electron chi connectivity index (χ1n) is 8.99. The van der Waals surface area contributed by atoms with E-state index in [2.05, 4.69) is 17.2 Å². The summed E-state index contributed by atoms with van der Waals surface area (Å²) in [5.74, 6) is 1.52. The van der Waals surface area contributed by atoms with Crippen LogP contribution in [0.3, 0.4) is 0 Å². The number of imidazole rings is 1. The molecule has 0 saturated heterocycles. The van der Waals surface area contributed by atoms with Gasteiger partial charge in [-0.2, -0.15) is 0 Å². The summed E-state index contributed by atoms with van der Waals surface area (Å²) in [6.45, 7) is 6.65. The number of ether oxygens (including phenoxy) is 1. The number of hydrogen-bond acceptors (Lipinski definition) is 3. The molecule has 5 heteroatoms. The third-order valence-electron chi connectivity index (χ3n) is 4.44. The number of amides is 1. The van der Waals surface area contributed by atoms with Gasteiger partial charge in [0.25, 0.3) is 0 Å². The van der Waals surface area contributed by atoms with Gasteiger partial charge in [0, 0.05) is 6.04 Å². The van der Waals surface area contributed by atoms with E-state index in [-0.39, 0.29) is 18.5 Å². The SMILES string of the molecule is CCC(C)NC(=O)Cn1c(COc2ccc(C)cc2)nc2ccccc21. The molecule has 3 rings (SSSR count). The van der Waals surface area contributed by atoms with Crippen molar-refractivity contribution in [3.8, 4) is 5.75 Å². The molecule has 1 heterocycles. The van der Waals surface area contributed by atoms with Crippen molar-refractivity contribution in [2.24, 2.45) is 0 Å². The molecule has 0 radical (unpaired) electrons. The number of rotatable bonds is 7. The molecule has 1 unspecified atom stereocenters. The van der Waals surface area contributed by atoms with Crippen LogP contribution in [-0.4, -0.2) is 21.5 Å². The van der Waals surface area contributed by atoms with Crippen molar-refractivity contribution in [1.82, 2.24) is 14.9 Å². The summed E-state index contributed by atoms with van der Waals surface area (Å²) in [7, 11) is 0. The van der Waals surface area contributed by atoms with Gasteiger partial charge in [-0.05, 0) is 44.5 Å². The van der Waals surface area contributed by atoms with Crippen LogP contribution in [0.5, 0.6) is 5.75 Å². The Hall–Kier alpha value is -2.82. The summed E-state index contributed by atoms with van der Waals surface area (Å²) in [5, 5.41) is 3.01. The predicted octanol–water partition coefficient (Wildman–Crippen LogP) is 3.84. The largest absolute Gasteiger partial charge is 0.486 e. The number of aryl methyl sites for hydroxylation is 1. The van der Waals surface area contributed by atoms with Crippen molar-refractivity contribution < 1.29 is 9.53 Å². The van der Waals surface area contributed by atoms with Crippen LogP contribution in [-0.2, 0) is 17.9 Å². The van der Waals surface area contributed by atoms with Gasteiger partial charge in [-0.1, -0.05) is 36.8 Å². The second-order valence-corrected chi connectivity index (χ2v) is 6.58. The van der Waals surface area contributed by atoms with E-state index >= 15 is 0 Å². The fraction of sp³-hybridized carbons (Fsp3) is 0.333. The molecule has 0 spiro atoms. The zero-order valence-electron chi connectivity index (χ0n) is 15.5. The molecule has 3 aromatic rings. The van der Waals surface area contributed by atoms with Crippen molar-refractivity contribution in [3.63, 3.8) is 0 Å². The Morgan fingerprint density at radius 3 is 2.65 bits per heavy atom. The highest BCUT2D eigenvalue weighted by atomic mass is 16.5. The second-order valence-electron chi connectivity index (χ2n) is 6.58. The first-order chi connectivity index (χ1) is 12.6. The Bertz CT molecular complexity index is 884. The molecule has 1 atom stereocenters. The molecular weight excluding hydrogens is 326 g/mol. The molecule has 0 saturated carbocycles. The molecular formula is C21H25N3O2. The van der Waals surface area contributed by atoms with Gasteiger partial charge in [-0.15, -0.1) is 0 Å². The molecule has 0 fully saturated rings. The average molecular weight is 351 g/mol. The summed E-state index contributed by atoms with van der Waals surface area (Å²) in [5.41, 5.74) is 2.99. The van der Waals surface area contributed by atoms with Crippen molar-refractivity contribution >= 4 is 16.9 Å². The Morgan fingerprint density at radius 1 is 1.19 bits per heavy atom. The summed E-state index contributed by atoms with van der Waals surface area (Å²) in [4.78, 5) is 17.0. The number of para-hydroxylation sites is 2. The van der Waals surface area contributed by atoms with Gasteiger partial charge in [0.1, 0.15) is 24.7 Å².